The Morgan fingerprint density at radius 1 is 1.25 bits per heavy atom. The monoisotopic (exact) mass is 327 g/mol. The van der Waals surface area contributed by atoms with E-state index >= 15 is 0 Å². The molecule has 0 saturated carbocycles. The summed E-state index contributed by atoms with van der Waals surface area (Å²) < 4.78 is 14.2. The van der Waals surface area contributed by atoms with Crippen LogP contribution in [0.2, 0.25) is 0 Å². The molecule has 0 radical (unpaired) electrons. The summed E-state index contributed by atoms with van der Waals surface area (Å²) in [4.78, 5) is 17.3. The van der Waals surface area contributed by atoms with Crippen LogP contribution in [0.25, 0.3) is 0 Å². The van der Waals surface area contributed by atoms with Crippen LogP contribution in [0.4, 0.5) is 16.0 Å². The van der Waals surface area contributed by atoms with Crippen molar-refractivity contribution < 1.29 is 4.39 Å². The van der Waals surface area contributed by atoms with Gasteiger partial charge in [0.05, 0.1) is 17.6 Å². The number of pyridine rings is 1. The van der Waals surface area contributed by atoms with Crippen LogP contribution in [0.1, 0.15) is 30.5 Å². The Labute approximate surface area is 141 Å². The van der Waals surface area contributed by atoms with E-state index in [0.29, 0.717) is 5.69 Å². The molecule has 5 nitrogen and oxygen atoms in total. The molecule has 1 atom stereocenters. The third-order valence-electron chi connectivity index (χ3n) is 5.30. The third kappa shape index (κ3) is 2.41. The van der Waals surface area contributed by atoms with Crippen LogP contribution in [0.3, 0.4) is 0 Å². The first kappa shape index (κ1) is 15.3. The van der Waals surface area contributed by atoms with Crippen LogP contribution in [-0.2, 0) is 11.8 Å². The van der Waals surface area contributed by atoms with Gasteiger partial charge in [-0.15, -0.1) is 0 Å². The highest BCUT2D eigenvalue weighted by Crippen LogP contribution is 2.45. The normalized spacial score (nSPS) is 22.7. The van der Waals surface area contributed by atoms with E-state index in [4.69, 9.17) is 4.98 Å². The minimum absolute atomic E-state index is 0.0109. The van der Waals surface area contributed by atoms with Gasteiger partial charge >= 0.3 is 0 Å². The molecule has 1 unspecified atom stereocenters. The van der Waals surface area contributed by atoms with Gasteiger partial charge in [0, 0.05) is 45.0 Å². The Hall–Kier alpha value is -2.24. The number of rotatable bonds is 2. The molecule has 126 valence electrons. The zero-order chi connectivity index (χ0) is 16.7. The van der Waals surface area contributed by atoms with Crippen LogP contribution in [0.5, 0.6) is 0 Å². The second kappa shape index (κ2) is 5.69. The number of anilines is 2. The molecule has 4 rings (SSSR count). The predicted octanol–water partition coefficient (Wildman–Crippen LogP) is 2.56. The quantitative estimate of drug-likeness (QED) is 0.848. The Morgan fingerprint density at radius 3 is 2.92 bits per heavy atom. The molecule has 1 saturated heterocycles. The topological polar surface area (TPSA) is 45.2 Å². The van der Waals surface area contributed by atoms with Crippen LogP contribution >= 0.6 is 0 Å². The third-order valence-corrected chi connectivity index (χ3v) is 5.30. The molecule has 0 bridgehead atoms. The summed E-state index contributed by atoms with van der Waals surface area (Å²) >= 11 is 0. The lowest BCUT2D eigenvalue weighted by Crippen LogP contribution is -2.46. The summed E-state index contributed by atoms with van der Waals surface area (Å²) in [5.41, 5.74) is 3.08. The van der Waals surface area contributed by atoms with E-state index in [1.165, 1.54) is 17.5 Å². The number of aryl methyl sites for hydroxylation is 1. The van der Waals surface area contributed by atoms with Crippen LogP contribution in [-0.4, -0.2) is 42.1 Å². The SMILES string of the molecule is CN(C)c1ncc2c(n1)C1(CCCN(c3ccncc3F)C1)CC2. The lowest BCUT2D eigenvalue weighted by Gasteiger charge is -2.41. The summed E-state index contributed by atoms with van der Waals surface area (Å²) in [7, 11) is 3.92. The lowest BCUT2D eigenvalue weighted by molar-refractivity contribution is 0.332. The minimum atomic E-state index is -0.246. The van der Waals surface area contributed by atoms with Gasteiger partial charge in [-0.25, -0.2) is 14.4 Å². The van der Waals surface area contributed by atoms with Gasteiger partial charge in [-0.3, -0.25) is 4.98 Å². The molecule has 2 aliphatic rings. The first-order valence-electron chi connectivity index (χ1n) is 8.47. The summed E-state index contributed by atoms with van der Waals surface area (Å²) in [6.07, 6.45) is 9.15. The molecule has 2 aromatic heterocycles. The number of fused-ring (bicyclic) bond motifs is 2. The van der Waals surface area contributed by atoms with E-state index in [9.17, 15) is 4.39 Å². The van der Waals surface area contributed by atoms with Gasteiger partial charge in [-0.1, -0.05) is 0 Å². The van der Waals surface area contributed by atoms with Crippen LogP contribution < -0.4 is 9.80 Å². The molecule has 6 heteroatoms. The van der Waals surface area contributed by atoms with Gasteiger partial charge in [0.2, 0.25) is 5.95 Å². The van der Waals surface area contributed by atoms with Gasteiger partial charge in [-0.2, -0.15) is 0 Å². The summed E-state index contributed by atoms with van der Waals surface area (Å²) in [5, 5.41) is 0. The Balaban J connectivity index is 1.70. The minimum Gasteiger partial charge on any atom is -0.368 e. The second-order valence-corrected chi connectivity index (χ2v) is 7.07. The van der Waals surface area contributed by atoms with Crippen molar-refractivity contribution in [2.24, 2.45) is 0 Å². The summed E-state index contributed by atoms with van der Waals surface area (Å²) in [6.45, 7) is 1.69. The van der Waals surface area contributed by atoms with Gasteiger partial charge in [-0.05, 0) is 37.3 Å². The standard InChI is InChI=1S/C18H22FN5/c1-23(2)17-21-10-13-4-7-18(16(13)22-17)6-3-9-24(12-18)15-5-8-20-11-14(15)19/h5,8,10-11H,3-4,6-7,9,12H2,1-2H3. The maximum Gasteiger partial charge on any atom is 0.225 e. The van der Waals surface area contributed by atoms with Crippen molar-refractivity contribution in [2.45, 2.75) is 31.1 Å². The molecule has 2 aromatic rings. The van der Waals surface area contributed by atoms with E-state index < -0.39 is 0 Å². The first-order valence-corrected chi connectivity index (χ1v) is 8.47. The molecule has 3 heterocycles. The van der Waals surface area contributed by atoms with E-state index in [2.05, 4.69) is 14.9 Å². The summed E-state index contributed by atoms with van der Waals surface area (Å²) in [5.74, 6) is 0.506. The Kier molecular flexibility index (Phi) is 3.62. The average Bonchev–Trinajstić information content (AvgIpc) is 2.93. The smallest absolute Gasteiger partial charge is 0.225 e. The number of nitrogens with zero attached hydrogens (tertiary/aromatic N) is 5. The fourth-order valence-corrected chi connectivity index (χ4v) is 4.11. The van der Waals surface area contributed by atoms with Gasteiger partial charge in [0.25, 0.3) is 0 Å². The molecule has 0 N–H and O–H groups in total. The highest BCUT2D eigenvalue weighted by atomic mass is 19.1. The Morgan fingerprint density at radius 2 is 2.12 bits per heavy atom. The van der Waals surface area contributed by atoms with E-state index in [1.54, 1.807) is 12.3 Å². The van der Waals surface area contributed by atoms with Crippen molar-refractivity contribution in [1.82, 2.24) is 15.0 Å². The predicted molar refractivity (Wildman–Crippen MR) is 92.0 cm³/mol. The lowest BCUT2D eigenvalue weighted by atomic mass is 9.77. The van der Waals surface area contributed by atoms with E-state index in [0.717, 1.165) is 44.7 Å². The maximum atomic E-state index is 14.2. The van der Waals surface area contributed by atoms with Crippen molar-refractivity contribution in [3.05, 3.63) is 41.7 Å². The summed E-state index contributed by atoms with van der Waals surface area (Å²) in [6, 6.07) is 1.77. The van der Waals surface area contributed by atoms with Gasteiger partial charge < -0.3 is 9.80 Å². The second-order valence-electron chi connectivity index (χ2n) is 7.07. The zero-order valence-corrected chi connectivity index (χ0v) is 14.2. The van der Waals surface area contributed by atoms with Gasteiger partial charge in [0.15, 0.2) is 5.82 Å². The highest BCUT2D eigenvalue weighted by molar-refractivity contribution is 5.49. The van der Waals surface area contributed by atoms with Crippen molar-refractivity contribution >= 4 is 11.6 Å². The molecule has 1 aliphatic carbocycles. The number of aromatic nitrogens is 3. The molecular formula is C18H22FN5. The van der Waals surface area contributed by atoms with Crippen molar-refractivity contribution in [1.29, 1.82) is 0 Å². The van der Waals surface area contributed by atoms with Crippen molar-refractivity contribution in [2.75, 3.05) is 37.0 Å². The molecule has 1 spiro atoms. The van der Waals surface area contributed by atoms with E-state index in [1.807, 2.05) is 25.2 Å². The zero-order valence-electron chi connectivity index (χ0n) is 14.2. The highest BCUT2D eigenvalue weighted by Gasteiger charge is 2.44. The molecule has 0 amide bonds. The van der Waals surface area contributed by atoms with Crippen molar-refractivity contribution in [3.8, 4) is 0 Å². The molecule has 0 aromatic carbocycles. The van der Waals surface area contributed by atoms with Crippen LogP contribution in [0, 0.1) is 5.82 Å². The fraction of sp³-hybridized carbons (Fsp3) is 0.500. The van der Waals surface area contributed by atoms with Crippen molar-refractivity contribution in [3.63, 3.8) is 0 Å². The van der Waals surface area contributed by atoms with Crippen LogP contribution in [0.15, 0.2) is 24.7 Å². The number of hydrogen-bond acceptors (Lipinski definition) is 5. The molecule has 1 fully saturated rings. The largest absolute Gasteiger partial charge is 0.368 e. The maximum absolute atomic E-state index is 14.2. The molecular weight excluding hydrogens is 305 g/mol. The fourth-order valence-electron chi connectivity index (χ4n) is 4.11. The number of piperidine rings is 1. The van der Waals surface area contributed by atoms with E-state index in [-0.39, 0.29) is 11.2 Å². The number of hydrogen-bond donors (Lipinski definition) is 0. The average molecular weight is 327 g/mol. The van der Waals surface area contributed by atoms with Gasteiger partial charge in [0.1, 0.15) is 0 Å². The molecule has 24 heavy (non-hydrogen) atoms. The molecule has 1 aliphatic heterocycles. The first-order chi connectivity index (χ1) is 11.6. The number of halogens is 1. The Bertz CT molecular complexity index is 759.